The Morgan fingerprint density at radius 1 is 1.44 bits per heavy atom. The number of nitrogens with zero attached hydrogens (tertiary/aromatic N) is 1. The van der Waals surface area contributed by atoms with Crippen LogP contribution in [0.2, 0.25) is 0 Å². The van der Waals surface area contributed by atoms with Crippen LogP contribution in [0.1, 0.15) is 10.4 Å². The first-order valence-electron chi connectivity index (χ1n) is 5.19. The molecule has 0 saturated carbocycles. The molecule has 0 aromatic heterocycles. The van der Waals surface area contributed by atoms with Crippen LogP contribution in [0.25, 0.3) is 0 Å². The van der Waals surface area contributed by atoms with Crippen LogP contribution in [0.4, 0.5) is 10.1 Å². The highest BCUT2D eigenvalue weighted by molar-refractivity contribution is 7.90. The van der Waals surface area contributed by atoms with E-state index in [9.17, 15) is 17.6 Å². The third-order valence-corrected chi connectivity index (χ3v) is 3.31. The lowest BCUT2D eigenvalue weighted by atomic mass is 10.1. The zero-order valence-corrected chi connectivity index (χ0v) is 11.0. The van der Waals surface area contributed by atoms with E-state index in [4.69, 9.17) is 5.73 Å². The molecule has 5 nitrogen and oxygen atoms in total. The van der Waals surface area contributed by atoms with Crippen LogP contribution in [-0.4, -0.2) is 44.8 Å². The smallest absolute Gasteiger partial charge is 0.255 e. The van der Waals surface area contributed by atoms with Crippen LogP contribution in [0.3, 0.4) is 0 Å². The first-order chi connectivity index (χ1) is 8.20. The van der Waals surface area contributed by atoms with Crippen LogP contribution < -0.4 is 5.73 Å². The van der Waals surface area contributed by atoms with Gasteiger partial charge in [0, 0.05) is 25.5 Å². The monoisotopic (exact) mass is 274 g/mol. The van der Waals surface area contributed by atoms with Crippen molar-refractivity contribution < 1.29 is 17.6 Å². The minimum atomic E-state index is -3.14. The number of amides is 1. The number of nitrogen functional groups attached to an aromatic ring is 1. The second-order valence-corrected chi connectivity index (χ2v) is 6.35. The molecule has 2 N–H and O–H groups in total. The maximum atomic E-state index is 12.8. The number of hydrogen-bond acceptors (Lipinski definition) is 4. The summed E-state index contributed by atoms with van der Waals surface area (Å²) in [5.41, 5.74) is 5.73. The standard InChI is InChI=1S/C11H15FN2O3S/c1-14(5-6-18(2,16)17)11(15)9-4-3-8(12)7-10(9)13/h3-4,7H,5-6,13H2,1-2H3. The van der Waals surface area contributed by atoms with Gasteiger partial charge >= 0.3 is 0 Å². The summed E-state index contributed by atoms with van der Waals surface area (Å²) in [6.07, 6.45) is 1.09. The van der Waals surface area contributed by atoms with Gasteiger partial charge in [0.1, 0.15) is 15.7 Å². The molecule has 0 heterocycles. The topological polar surface area (TPSA) is 80.5 Å². The molecule has 1 rings (SSSR count). The molecule has 1 aromatic carbocycles. The Balaban J connectivity index is 2.80. The van der Waals surface area contributed by atoms with Gasteiger partial charge in [0.25, 0.3) is 5.91 Å². The molecule has 7 heteroatoms. The Bertz CT molecular complexity index is 557. The summed E-state index contributed by atoms with van der Waals surface area (Å²) in [7, 11) is -1.67. The quantitative estimate of drug-likeness (QED) is 0.812. The number of benzene rings is 1. The molecule has 0 saturated heterocycles. The molecule has 0 aliphatic rings. The van der Waals surface area contributed by atoms with E-state index in [1.54, 1.807) is 0 Å². The predicted molar refractivity (Wildman–Crippen MR) is 67.5 cm³/mol. The average Bonchev–Trinajstić information content (AvgIpc) is 2.24. The van der Waals surface area contributed by atoms with E-state index in [2.05, 4.69) is 0 Å². The molecule has 18 heavy (non-hydrogen) atoms. The van der Waals surface area contributed by atoms with Crippen LogP contribution in [0, 0.1) is 5.82 Å². The highest BCUT2D eigenvalue weighted by atomic mass is 32.2. The van der Waals surface area contributed by atoms with Crippen molar-refractivity contribution in [1.29, 1.82) is 0 Å². The van der Waals surface area contributed by atoms with Crippen molar-refractivity contribution >= 4 is 21.4 Å². The van der Waals surface area contributed by atoms with Crippen LogP contribution in [0.5, 0.6) is 0 Å². The van der Waals surface area contributed by atoms with Crippen LogP contribution in [-0.2, 0) is 9.84 Å². The van der Waals surface area contributed by atoms with Crippen molar-refractivity contribution in [3.05, 3.63) is 29.6 Å². The van der Waals surface area contributed by atoms with Gasteiger partial charge in [0.2, 0.25) is 0 Å². The lowest BCUT2D eigenvalue weighted by Crippen LogP contribution is -2.31. The van der Waals surface area contributed by atoms with Gasteiger partial charge in [-0.3, -0.25) is 4.79 Å². The van der Waals surface area contributed by atoms with Crippen molar-refractivity contribution in [2.24, 2.45) is 0 Å². The molecule has 100 valence electrons. The zero-order chi connectivity index (χ0) is 13.9. The van der Waals surface area contributed by atoms with Gasteiger partial charge in [-0.1, -0.05) is 0 Å². The Morgan fingerprint density at radius 3 is 2.56 bits per heavy atom. The minimum absolute atomic E-state index is 0.0335. The van der Waals surface area contributed by atoms with E-state index in [1.807, 2.05) is 0 Å². The van der Waals surface area contributed by atoms with Gasteiger partial charge in [0.15, 0.2) is 0 Å². The summed E-state index contributed by atoms with van der Waals surface area (Å²) in [5.74, 6) is -1.09. The summed E-state index contributed by atoms with van der Waals surface area (Å²) < 4.78 is 34.8. The number of sulfone groups is 1. The highest BCUT2D eigenvalue weighted by Gasteiger charge is 2.16. The molecule has 0 atom stereocenters. The number of carbonyl (C=O) groups is 1. The zero-order valence-electron chi connectivity index (χ0n) is 10.2. The second-order valence-electron chi connectivity index (χ2n) is 4.09. The normalized spacial score (nSPS) is 11.3. The fraction of sp³-hybridized carbons (Fsp3) is 0.364. The maximum Gasteiger partial charge on any atom is 0.255 e. The van der Waals surface area contributed by atoms with E-state index in [0.717, 1.165) is 18.4 Å². The molecular weight excluding hydrogens is 259 g/mol. The average molecular weight is 274 g/mol. The van der Waals surface area contributed by atoms with Gasteiger partial charge < -0.3 is 10.6 Å². The lowest BCUT2D eigenvalue weighted by molar-refractivity contribution is 0.0804. The molecule has 1 aromatic rings. The molecule has 0 fully saturated rings. The van der Waals surface area contributed by atoms with Crippen molar-refractivity contribution in [3.63, 3.8) is 0 Å². The number of halogens is 1. The SMILES string of the molecule is CN(CCS(C)(=O)=O)C(=O)c1ccc(F)cc1N. The fourth-order valence-corrected chi connectivity index (χ4v) is 1.94. The number of nitrogens with two attached hydrogens (primary N) is 1. The molecule has 0 bridgehead atoms. The van der Waals surface area contributed by atoms with E-state index < -0.39 is 21.6 Å². The third kappa shape index (κ3) is 3.99. The number of anilines is 1. The Kier molecular flexibility index (Phi) is 4.28. The molecule has 0 spiro atoms. The third-order valence-electron chi connectivity index (χ3n) is 2.39. The van der Waals surface area contributed by atoms with Gasteiger partial charge in [-0.05, 0) is 18.2 Å². The summed E-state index contributed by atoms with van der Waals surface area (Å²) in [6.45, 7) is 0.0640. The van der Waals surface area contributed by atoms with Gasteiger partial charge in [-0.25, -0.2) is 12.8 Å². The van der Waals surface area contributed by atoms with Crippen LogP contribution >= 0.6 is 0 Å². The van der Waals surface area contributed by atoms with Gasteiger partial charge in [0.05, 0.1) is 11.3 Å². The first-order valence-corrected chi connectivity index (χ1v) is 7.25. The van der Waals surface area contributed by atoms with Gasteiger partial charge in [-0.15, -0.1) is 0 Å². The van der Waals surface area contributed by atoms with E-state index in [-0.39, 0.29) is 23.5 Å². The first kappa shape index (κ1) is 14.4. The maximum absolute atomic E-state index is 12.8. The lowest BCUT2D eigenvalue weighted by Gasteiger charge is -2.17. The Morgan fingerprint density at radius 2 is 2.06 bits per heavy atom. The summed E-state index contributed by atoms with van der Waals surface area (Å²) in [5, 5.41) is 0. The second kappa shape index (κ2) is 5.34. The van der Waals surface area contributed by atoms with E-state index in [1.165, 1.54) is 18.0 Å². The molecule has 0 aliphatic carbocycles. The number of carbonyl (C=O) groups excluding carboxylic acids is 1. The fourth-order valence-electron chi connectivity index (χ4n) is 1.34. The van der Waals surface area contributed by atoms with Crippen molar-refractivity contribution in [2.75, 3.05) is 31.3 Å². The van der Waals surface area contributed by atoms with E-state index in [0.29, 0.717) is 0 Å². The number of rotatable bonds is 4. The summed E-state index contributed by atoms with van der Waals surface area (Å²) >= 11 is 0. The largest absolute Gasteiger partial charge is 0.398 e. The van der Waals surface area contributed by atoms with Gasteiger partial charge in [-0.2, -0.15) is 0 Å². The highest BCUT2D eigenvalue weighted by Crippen LogP contribution is 2.15. The number of hydrogen-bond donors (Lipinski definition) is 1. The molecule has 0 aliphatic heterocycles. The van der Waals surface area contributed by atoms with E-state index >= 15 is 0 Å². The molecule has 1 amide bonds. The van der Waals surface area contributed by atoms with Crippen molar-refractivity contribution in [2.45, 2.75) is 0 Å². The van der Waals surface area contributed by atoms with Crippen molar-refractivity contribution in [3.8, 4) is 0 Å². The van der Waals surface area contributed by atoms with Crippen molar-refractivity contribution in [1.82, 2.24) is 4.90 Å². The predicted octanol–water partition coefficient (Wildman–Crippen LogP) is 0.524. The molecular formula is C11H15FN2O3S. The molecule has 0 unspecified atom stereocenters. The Labute approximate surface area is 105 Å². The van der Waals surface area contributed by atoms with Crippen LogP contribution in [0.15, 0.2) is 18.2 Å². The minimum Gasteiger partial charge on any atom is -0.398 e. The summed E-state index contributed by atoms with van der Waals surface area (Å²) in [4.78, 5) is 13.2. The Hall–Kier alpha value is -1.63. The summed E-state index contributed by atoms with van der Waals surface area (Å²) in [6, 6.07) is 3.47. The molecule has 0 radical (unpaired) electrons.